The maximum atomic E-state index is 12.6. The summed E-state index contributed by atoms with van der Waals surface area (Å²) in [5.74, 6) is 1.30. The Bertz CT molecular complexity index is 703. The second-order valence-electron chi connectivity index (χ2n) is 5.84. The van der Waals surface area contributed by atoms with E-state index >= 15 is 0 Å². The monoisotopic (exact) mass is 327 g/mol. The molecule has 0 saturated carbocycles. The van der Waals surface area contributed by atoms with Gasteiger partial charge in [0.2, 0.25) is 0 Å². The van der Waals surface area contributed by atoms with Crippen molar-refractivity contribution in [3.63, 3.8) is 0 Å². The Morgan fingerprint density at radius 3 is 2.67 bits per heavy atom. The third kappa shape index (κ3) is 3.64. The predicted octanol–water partition coefficient (Wildman–Crippen LogP) is 2.48. The molecule has 0 N–H and O–H groups in total. The first-order valence-electron chi connectivity index (χ1n) is 8.06. The standard InChI is InChI=1S/C18H21N3O3/c1-13-9-10-15(20-19-13)18(22)21-11-5-6-14(12-21)24-17-8-4-3-7-16(17)23-2/h3-4,7-10,14H,5-6,11-12H2,1-2H3. The molecule has 1 fully saturated rings. The summed E-state index contributed by atoms with van der Waals surface area (Å²) in [6.07, 6.45) is 1.74. The topological polar surface area (TPSA) is 64.6 Å². The number of amides is 1. The lowest BCUT2D eigenvalue weighted by Crippen LogP contribution is -2.44. The van der Waals surface area contributed by atoms with Gasteiger partial charge < -0.3 is 14.4 Å². The van der Waals surface area contributed by atoms with E-state index < -0.39 is 0 Å². The van der Waals surface area contributed by atoms with Crippen LogP contribution in [0, 0.1) is 6.92 Å². The summed E-state index contributed by atoms with van der Waals surface area (Å²) in [4.78, 5) is 14.4. The van der Waals surface area contributed by atoms with E-state index in [4.69, 9.17) is 9.47 Å². The molecule has 0 spiro atoms. The normalized spacial score (nSPS) is 17.4. The van der Waals surface area contributed by atoms with Gasteiger partial charge in [0.25, 0.3) is 5.91 Å². The molecule has 1 unspecified atom stereocenters. The smallest absolute Gasteiger partial charge is 0.274 e. The molecule has 0 radical (unpaired) electrons. The van der Waals surface area contributed by atoms with Gasteiger partial charge in [-0.1, -0.05) is 12.1 Å². The fraction of sp³-hybridized carbons (Fsp3) is 0.389. The van der Waals surface area contributed by atoms with Crippen LogP contribution in [0.25, 0.3) is 0 Å². The number of benzene rings is 1. The molecule has 6 nitrogen and oxygen atoms in total. The Labute approximate surface area is 141 Å². The predicted molar refractivity (Wildman–Crippen MR) is 89.3 cm³/mol. The van der Waals surface area contributed by atoms with Crippen LogP contribution in [0.1, 0.15) is 29.0 Å². The third-order valence-electron chi connectivity index (χ3n) is 4.05. The van der Waals surface area contributed by atoms with Gasteiger partial charge in [-0.2, -0.15) is 5.10 Å². The first kappa shape index (κ1) is 16.2. The molecule has 1 atom stereocenters. The maximum Gasteiger partial charge on any atom is 0.274 e. The Morgan fingerprint density at radius 2 is 1.96 bits per heavy atom. The summed E-state index contributed by atoms with van der Waals surface area (Å²) >= 11 is 0. The first-order valence-corrected chi connectivity index (χ1v) is 8.06. The van der Waals surface area contributed by atoms with E-state index in [-0.39, 0.29) is 12.0 Å². The lowest BCUT2D eigenvalue weighted by molar-refractivity contribution is 0.0526. The second-order valence-corrected chi connectivity index (χ2v) is 5.84. The van der Waals surface area contributed by atoms with Crippen molar-refractivity contribution < 1.29 is 14.3 Å². The molecule has 3 rings (SSSR count). The molecule has 126 valence electrons. The summed E-state index contributed by atoms with van der Waals surface area (Å²) < 4.78 is 11.4. The fourth-order valence-electron chi connectivity index (χ4n) is 2.79. The van der Waals surface area contributed by atoms with Crippen LogP contribution < -0.4 is 9.47 Å². The average Bonchev–Trinajstić information content (AvgIpc) is 2.62. The van der Waals surface area contributed by atoms with Crippen molar-refractivity contribution in [1.29, 1.82) is 0 Å². The van der Waals surface area contributed by atoms with Gasteiger partial charge in [0.1, 0.15) is 6.10 Å². The molecule has 24 heavy (non-hydrogen) atoms. The van der Waals surface area contributed by atoms with Crippen molar-refractivity contribution in [3.8, 4) is 11.5 Å². The molecular formula is C18H21N3O3. The summed E-state index contributed by atoms with van der Waals surface area (Å²) in [6.45, 7) is 3.09. The van der Waals surface area contributed by atoms with Gasteiger partial charge in [0.05, 0.1) is 19.3 Å². The van der Waals surface area contributed by atoms with E-state index in [2.05, 4.69) is 10.2 Å². The number of carbonyl (C=O) groups is 1. The summed E-state index contributed by atoms with van der Waals surface area (Å²) in [5, 5.41) is 7.95. The number of methoxy groups -OCH3 is 1. The third-order valence-corrected chi connectivity index (χ3v) is 4.05. The van der Waals surface area contributed by atoms with E-state index in [1.165, 1.54) is 0 Å². The Balaban J connectivity index is 1.68. The zero-order chi connectivity index (χ0) is 16.9. The first-order chi connectivity index (χ1) is 11.7. The Kier molecular flexibility index (Phi) is 4.93. The zero-order valence-corrected chi connectivity index (χ0v) is 13.9. The minimum atomic E-state index is -0.101. The number of aryl methyl sites for hydroxylation is 1. The quantitative estimate of drug-likeness (QED) is 0.863. The number of hydrogen-bond donors (Lipinski definition) is 0. The molecule has 0 bridgehead atoms. The lowest BCUT2D eigenvalue weighted by atomic mass is 10.1. The van der Waals surface area contributed by atoms with Crippen molar-refractivity contribution in [2.45, 2.75) is 25.9 Å². The molecule has 1 aliphatic rings. The molecule has 1 amide bonds. The SMILES string of the molecule is COc1ccccc1OC1CCCN(C(=O)c2ccc(C)nn2)C1. The van der Waals surface area contributed by atoms with Gasteiger partial charge in [-0.25, -0.2) is 0 Å². The number of para-hydroxylation sites is 2. The largest absolute Gasteiger partial charge is 0.493 e. The van der Waals surface area contributed by atoms with Crippen LogP contribution in [0.3, 0.4) is 0 Å². The Hall–Kier alpha value is -2.63. The van der Waals surface area contributed by atoms with Gasteiger partial charge >= 0.3 is 0 Å². The van der Waals surface area contributed by atoms with E-state index in [0.717, 1.165) is 18.5 Å². The molecule has 1 aromatic heterocycles. The minimum Gasteiger partial charge on any atom is -0.493 e. The van der Waals surface area contributed by atoms with Crippen molar-refractivity contribution in [2.75, 3.05) is 20.2 Å². The van der Waals surface area contributed by atoms with Crippen LogP contribution in [0.2, 0.25) is 0 Å². The van der Waals surface area contributed by atoms with E-state index in [0.29, 0.717) is 30.3 Å². The summed E-state index contributed by atoms with van der Waals surface area (Å²) in [5.41, 5.74) is 1.17. The highest BCUT2D eigenvalue weighted by Gasteiger charge is 2.27. The van der Waals surface area contributed by atoms with Crippen molar-refractivity contribution in [1.82, 2.24) is 15.1 Å². The molecule has 1 aliphatic heterocycles. The van der Waals surface area contributed by atoms with Gasteiger partial charge in [-0.15, -0.1) is 5.10 Å². The maximum absolute atomic E-state index is 12.6. The van der Waals surface area contributed by atoms with Crippen molar-refractivity contribution in [3.05, 3.63) is 47.8 Å². The molecule has 1 aromatic carbocycles. The van der Waals surface area contributed by atoms with Crippen LogP contribution in [0.15, 0.2) is 36.4 Å². The van der Waals surface area contributed by atoms with Crippen molar-refractivity contribution >= 4 is 5.91 Å². The number of aromatic nitrogens is 2. The number of carbonyl (C=O) groups excluding carboxylic acids is 1. The van der Waals surface area contributed by atoms with Gasteiger partial charge in [0, 0.05) is 6.54 Å². The summed E-state index contributed by atoms with van der Waals surface area (Å²) in [7, 11) is 1.62. The van der Waals surface area contributed by atoms with Crippen molar-refractivity contribution in [2.24, 2.45) is 0 Å². The van der Waals surface area contributed by atoms with Gasteiger partial charge in [-0.3, -0.25) is 4.79 Å². The van der Waals surface area contributed by atoms with Crippen LogP contribution in [0.4, 0.5) is 0 Å². The second kappa shape index (κ2) is 7.29. The molecule has 0 aliphatic carbocycles. The number of piperidine rings is 1. The highest BCUT2D eigenvalue weighted by Crippen LogP contribution is 2.28. The number of ether oxygens (including phenoxy) is 2. The van der Waals surface area contributed by atoms with Crippen LogP contribution in [-0.4, -0.2) is 47.3 Å². The average molecular weight is 327 g/mol. The van der Waals surface area contributed by atoms with Crippen LogP contribution in [-0.2, 0) is 0 Å². The molecule has 2 heterocycles. The van der Waals surface area contributed by atoms with Crippen LogP contribution >= 0.6 is 0 Å². The molecule has 1 saturated heterocycles. The zero-order valence-electron chi connectivity index (χ0n) is 13.9. The fourth-order valence-corrected chi connectivity index (χ4v) is 2.79. The van der Waals surface area contributed by atoms with E-state index in [1.54, 1.807) is 24.1 Å². The van der Waals surface area contributed by atoms with E-state index in [9.17, 15) is 4.79 Å². The molecule has 2 aromatic rings. The lowest BCUT2D eigenvalue weighted by Gasteiger charge is -2.32. The highest BCUT2D eigenvalue weighted by molar-refractivity contribution is 5.92. The molecule has 6 heteroatoms. The Morgan fingerprint density at radius 1 is 1.17 bits per heavy atom. The summed E-state index contributed by atoms with van der Waals surface area (Å²) in [6, 6.07) is 11.1. The highest BCUT2D eigenvalue weighted by atomic mass is 16.5. The number of nitrogens with zero attached hydrogens (tertiary/aromatic N) is 3. The van der Waals surface area contributed by atoms with Gasteiger partial charge in [-0.05, 0) is 44.0 Å². The minimum absolute atomic E-state index is 0.0580. The van der Waals surface area contributed by atoms with Crippen LogP contribution in [0.5, 0.6) is 11.5 Å². The number of hydrogen-bond acceptors (Lipinski definition) is 5. The number of rotatable bonds is 4. The van der Waals surface area contributed by atoms with Gasteiger partial charge in [0.15, 0.2) is 17.2 Å². The number of likely N-dealkylation sites (tertiary alicyclic amines) is 1. The van der Waals surface area contributed by atoms with E-state index in [1.807, 2.05) is 31.2 Å². The molecular weight excluding hydrogens is 306 g/mol.